The molecule has 0 saturated carbocycles. The van der Waals surface area contributed by atoms with Gasteiger partial charge in [0, 0.05) is 6.42 Å². The van der Waals surface area contributed by atoms with E-state index in [9.17, 15) is 9.59 Å². The summed E-state index contributed by atoms with van der Waals surface area (Å²) in [4.78, 5) is 24.8. The highest BCUT2D eigenvalue weighted by Gasteiger charge is 2.24. The van der Waals surface area contributed by atoms with E-state index >= 15 is 0 Å². The number of carbonyl (C=O) groups excluding carboxylic acids is 2. The highest BCUT2D eigenvalue weighted by Crippen LogP contribution is 2.09. The van der Waals surface area contributed by atoms with Gasteiger partial charge in [0.2, 0.25) is 0 Å². The zero-order chi connectivity index (χ0) is 18.2. The molecule has 0 fully saturated rings. The lowest BCUT2D eigenvalue weighted by Crippen LogP contribution is -2.43. The minimum Gasteiger partial charge on any atom is -0.459 e. The number of rotatable bonds is 7. The summed E-state index contributed by atoms with van der Waals surface area (Å²) in [5.74, 6) is -0.788. The second kappa shape index (κ2) is 8.67. The van der Waals surface area contributed by atoms with E-state index in [0.717, 1.165) is 11.1 Å². The Bertz CT molecular complexity index is 829. The average molecular weight is 349 g/mol. The van der Waals surface area contributed by atoms with E-state index in [-0.39, 0.29) is 12.4 Å². The van der Waals surface area contributed by atoms with E-state index in [0.29, 0.717) is 6.42 Å². The number of benzene rings is 2. The van der Waals surface area contributed by atoms with Crippen molar-refractivity contribution < 1.29 is 18.7 Å². The topological polar surface area (TPSA) is 68.5 Å². The van der Waals surface area contributed by atoms with Crippen LogP contribution >= 0.6 is 0 Å². The molecule has 0 unspecified atom stereocenters. The van der Waals surface area contributed by atoms with E-state index < -0.39 is 17.9 Å². The van der Waals surface area contributed by atoms with Gasteiger partial charge in [0.05, 0.1) is 6.26 Å². The fourth-order valence-electron chi connectivity index (χ4n) is 2.51. The number of carbonyl (C=O) groups is 2. The number of nitrogens with one attached hydrogen (secondary N) is 1. The Morgan fingerprint density at radius 1 is 0.885 bits per heavy atom. The third-order valence-electron chi connectivity index (χ3n) is 3.84. The summed E-state index contributed by atoms with van der Waals surface area (Å²) in [6, 6.07) is 21.2. The molecule has 3 aromatic rings. The van der Waals surface area contributed by atoms with Crippen molar-refractivity contribution >= 4 is 11.9 Å². The van der Waals surface area contributed by atoms with E-state index in [1.165, 1.54) is 6.26 Å². The normalized spacial score (nSPS) is 11.5. The van der Waals surface area contributed by atoms with Crippen LogP contribution in [0.5, 0.6) is 0 Å². The van der Waals surface area contributed by atoms with Gasteiger partial charge in [-0.15, -0.1) is 0 Å². The Labute approximate surface area is 151 Å². The van der Waals surface area contributed by atoms with Crippen LogP contribution in [0.25, 0.3) is 0 Å². The Hall–Kier alpha value is -3.34. The van der Waals surface area contributed by atoms with Crippen LogP contribution in [-0.4, -0.2) is 17.9 Å². The van der Waals surface area contributed by atoms with E-state index in [1.54, 1.807) is 12.1 Å². The molecule has 0 saturated heterocycles. The standard InChI is InChI=1S/C21H19NO4/c23-20(19-12-7-13-25-19)22-18(14-16-8-3-1-4-9-16)21(24)26-15-17-10-5-2-6-11-17/h1-13,18H,14-15H2,(H,22,23)/t18-/m1/s1. The molecule has 0 bridgehead atoms. The summed E-state index contributed by atoms with van der Waals surface area (Å²) in [5.41, 5.74) is 1.81. The summed E-state index contributed by atoms with van der Waals surface area (Å²) < 4.78 is 10.5. The van der Waals surface area contributed by atoms with Gasteiger partial charge in [0.15, 0.2) is 5.76 Å². The monoisotopic (exact) mass is 349 g/mol. The lowest BCUT2D eigenvalue weighted by Gasteiger charge is -2.17. The van der Waals surface area contributed by atoms with Gasteiger partial charge in [-0.1, -0.05) is 60.7 Å². The highest BCUT2D eigenvalue weighted by molar-refractivity contribution is 5.94. The van der Waals surface area contributed by atoms with Gasteiger partial charge in [0.1, 0.15) is 12.6 Å². The SMILES string of the molecule is O=C(N[C@H](Cc1ccccc1)C(=O)OCc1ccccc1)c1ccco1. The van der Waals surface area contributed by atoms with Crippen molar-refractivity contribution in [3.8, 4) is 0 Å². The quantitative estimate of drug-likeness (QED) is 0.664. The van der Waals surface area contributed by atoms with Gasteiger partial charge in [-0.2, -0.15) is 0 Å². The average Bonchev–Trinajstić information content (AvgIpc) is 3.22. The predicted molar refractivity (Wildman–Crippen MR) is 96.3 cm³/mol. The molecule has 1 atom stereocenters. The van der Waals surface area contributed by atoms with Crippen LogP contribution in [0.3, 0.4) is 0 Å². The second-order valence-corrected chi connectivity index (χ2v) is 5.79. The predicted octanol–water partition coefficient (Wildman–Crippen LogP) is 3.36. The van der Waals surface area contributed by atoms with Gasteiger partial charge < -0.3 is 14.5 Å². The molecule has 0 aliphatic heterocycles. The van der Waals surface area contributed by atoms with Crippen LogP contribution in [0.4, 0.5) is 0 Å². The van der Waals surface area contributed by atoms with Crippen molar-refractivity contribution in [2.24, 2.45) is 0 Å². The molecular formula is C21H19NO4. The van der Waals surface area contributed by atoms with Crippen LogP contribution in [0, 0.1) is 0 Å². The summed E-state index contributed by atoms with van der Waals surface area (Å²) in [6.07, 6.45) is 1.75. The lowest BCUT2D eigenvalue weighted by molar-refractivity contribution is -0.147. The molecule has 3 rings (SSSR count). The van der Waals surface area contributed by atoms with Crippen LogP contribution < -0.4 is 5.32 Å². The molecule has 1 amide bonds. The fraction of sp³-hybridized carbons (Fsp3) is 0.143. The summed E-state index contributed by atoms with van der Waals surface area (Å²) in [6.45, 7) is 0.154. The zero-order valence-electron chi connectivity index (χ0n) is 14.1. The number of hydrogen-bond donors (Lipinski definition) is 1. The van der Waals surface area contributed by atoms with Crippen molar-refractivity contribution in [1.29, 1.82) is 0 Å². The van der Waals surface area contributed by atoms with Gasteiger partial charge in [-0.3, -0.25) is 4.79 Å². The lowest BCUT2D eigenvalue weighted by atomic mass is 10.1. The number of esters is 1. The summed E-state index contributed by atoms with van der Waals surface area (Å²) in [5, 5.41) is 2.70. The first kappa shape index (κ1) is 17.5. The third kappa shape index (κ3) is 4.83. The smallest absolute Gasteiger partial charge is 0.329 e. The molecule has 1 N–H and O–H groups in total. The van der Waals surface area contributed by atoms with Gasteiger partial charge >= 0.3 is 5.97 Å². The molecule has 1 aromatic heterocycles. The number of furan rings is 1. The van der Waals surface area contributed by atoms with Crippen LogP contribution in [0.1, 0.15) is 21.7 Å². The molecule has 0 spiro atoms. The van der Waals surface area contributed by atoms with Crippen molar-refractivity contribution in [2.75, 3.05) is 0 Å². The van der Waals surface area contributed by atoms with Gasteiger partial charge in [-0.05, 0) is 23.3 Å². The second-order valence-electron chi connectivity index (χ2n) is 5.79. The zero-order valence-corrected chi connectivity index (χ0v) is 14.1. The Morgan fingerprint density at radius 2 is 1.54 bits per heavy atom. The summed E-state index contributed by atoms with van der Waals surface area (Å²) >= 11 is 0. The first-order chi connectivity index (χ1) is 12.7. The first-order valence-corrected chi connectivity index (χ1v) is 8.31. The summed E-state index contributed by atoms with van der Waals surface area (Å²) in [7, 11) is 0. The van der Waals surface area contributed by atoms with Gasteiger partial charge in [-0.25, -0.2) is 4.79 Å². The van der Waals surface area contributed by atoms with Crippen LogP contribution in [-0.2, 0) is 22.6 Å². The minimum absolute atomic E-state index is 0.152. The molecule has 0 aliphatic rings. The molecule has 5 heteroatoms. The fourth-order valence-corrected chi connectivity index (χ4v) is 2.51. The third-order valence-corrected chi connectivity index (χ3v) is 3.84. The highest BCUT2D eigenvalue weighted by atomic mass is 16.5. The van der Waals surface area contributed by atoms with Gasteiger partial charge in [0.25, 0.3) is 5.91 Å². The first-order valence-electron chi connectivity index (χ1n) is 8.31. The minimum atomic E-state index is -0.807. The van der Waals surface area contributed by atoms with Crippen molar-refractivity contribution in [3.63, 3.8) is 0 Å². The maximum atomic E-state index is 12.6. The molecule has 0 radical (unpaired) electrons. The van der Waals surface area contributed by atoms with E-state index in [4.69, 9.17) is 9.15 Å². The maximum Gasteiger partial charge on any atom is 0.329 e. The van der Waals surface area contributed by atoms with E-state index in [1.807, 2.05) is 60.7 Å². The molecule has 132 valence electrons. The molecule has 0 aliphatic carbocycles. The van der Waals surface area contributed by atoms with Crippen molar-refractivity contribution in [2.45, 2.75) is 19.1 Å². The largest absolute Gasteiger partial charge is 0.459 e. The van der Waals surface area contributed by atoms with Crippen LogP contribution in [0.2, 0.25) is 0 Å². The molecular weight excluding hydrogens is 330 g/mol. The Kier molecular flexibility index (Phi) is 5.83. The number of ether oxygens (including phenoxy) is 1. The molecule has 2 aromatic carbocycles. The van der Waals surface area contributed by atoms with E-state index in [2.05, 4.69) is 5.32 Å². The number of hydrogen-bond acceptors (Lipinski definition) is 4. The molecule has 26 heavy (non-hydrogen) atoms. The Balaban J connectivity index is 1.68. The Morgan fingerprint density at radius 3 is 2.15 bits per heavy atom. The molecule has 5 nitrogen and oxygen atoms in total. The van der Waals surface area contributed by atoms with Crippen LogP contribution in [0.15, 0.2) is 83.5 Å². The number of amides is 1. The maximum absolute atomic E-state index is 12.6. The van der Waals surface area contributed by atoms with Crippen molar-refractivity contribution in [1.82, 2.24) is 5.32 Å². The molecule has 1 heterocycles. The van der Waals surface area contributed by atoms with Crippen molar-refractivity contribution in [3.05, 3.63) is 95.9 Å².